The first-order valence-corrected chi connectivity index (χ1v) is 10.4. The Bertz CT molecular complexity index is 985. The lowest BCUT2D eigenvalue weighted by atomic mass is 9.86. The third-order valence-corrected chi connectivity index (χ3v) is 6.17. The Morgan fingerprint density at radius 3 is 2.12 bits per heavy atom. The van der Waals surface area contributed by atoms with E-state index >= 15 is 0 Å². The highest BCUT2D eigenvalue weighted by Crippen LogP contribution is 2.42. The number of alkyl halides is 6. The van der Waals surface area contributed by atoms with E-state index in [4.69, 9.17) is 4.74 Å². The van der Waals surface area contributed by atoms with Crippen molar-refractivity contribution < 1.29 is 40.3 Å². The number of hydrogen-bond donors (Lipinski definition) is 0. The van der Waals surface area contributed by atoms with E-state index in [-0.39, 0.29) is 36.0 Å². The molecule has 0 saturated carbocycles. The monoisotopic (exact) mass is 475 g/mol. The van der Waals surface area contributed by atoms with Crippen molar-refractivity contribution in [2.45, 2.75) is 56.3 Å². The van der Waals surface area contributed by atoms with Gasteiger partial charge in [-0.2, -0.15) is 26.3 Å². The molecule has 2 aliphatic heterocycles. The van der Waals surface area contributed by atoms with Gasteiger partial charge in [0.15, 0.2) is 0 Å². The van der Waals surface area contributed by atoms with Crippen LogP contribution in [0.15, 0.2) is 42.5 Å². The number of amides is 1. The average Bonchev–Trinajstić information content (AvgIpc) is 3.11. The van der Waals surface area contributed by atoms with E-state index in [9.17, 15) is 35.5 Å². The molecule has 0 aromatic heterocycles. The van der Waals surface area contributed by atoms with E-state index in [1.807, 2.05) is 0 Å². The first-order chi connectivity index (χ1) is 15.4. The fourth-order valence-electron chi connectivity index (χ4n) is 4.70. The molecule has 4 rings (SSSR count). The van der Waals surface area contributed by atoms with Crippen molar-refractivity contribution in [3.8, 4) is 0 Å². The first kappa shape index (κ1) is 23.5. The third-order valence-electron chi connectivity index (χ3n) is 6.17. The van der Waals surface area contributed by atoms with Crippen molar-refractivity contribution >= 4 is 5.91 Å². The highest BCUT2D eigenvalue weighted by molar-refractivity contribution is 5.78. The molecule has 0 bridgehead atoms. The molecule has 2 fully saturated rings. The molecule has 10 heteroatoms. The van der Waals surface area contributed by atoms with Gasteiger partial charge in [0, 0.05) is 24.9 Å². The lowest BCUT2D eigenvalue weighted by Crippen LogP contribution is -2.40. The number of hydrogen-bond acceptors (Lipinski definition) is 2. The zero-order chi connectivity index (χ0) is 24.0. The second-order valence-corrected chi connectivity index (χ2v) is 8.35. The number of ether oxygens (including phenoxy) is 1. The maximum absolute atomic E-state index is 13.4. The van der Waals surface area contributed by atoms with Crippen molar-refractivity contribution in [1.82, 2.24) is 4.90 Å². The molecule has 2 aliphatic rings. The van der Waals surface area contributed by atoms with E-state index in [2.05, 4.69) is 0 Å². The van der Waals surface area contributed by atoms with Gasteiger partial charge in [-0.15, -0.1) is 0 Å². The largest absolute Gasteiger partial charge is 0.416 e. The van der Waals surface area contributed by atoms with Crippen LogP contribution in [0, 0.1) is 5.82 Å². The van der Waals surface area contributed by atoms with E-state index in [0.717, 1.165) is 0 Å². The van der Waals surface area contributed by atoms with Crippen LogP contribution in [0.5, 0.6) is 0 Å². The van der Waals surface area contributed by atoms with Crippen LogP contribution in [-0.4, -0.2) is 29.5 Å². The molecule has 2 saturated heterocycles. The molecule has 0 radical (unpaired) electrons. The van der Waals surface area contributed by atoms with Crippen molar-refractivity contribution in [2.75, 3.05) is 6.54 Å². The van der Waals surface area contributed by atoms with Gasteiger partial charge in [0.1, 0.15) is 5.82 Å². The molecule has 2 aromatic carbocycles. The summed E-state index contributed by atoms with van der Waals surface area (Å²) in [4.78, 5) is 14.0. The van der Waals surface area contributed by atoms with Gasteiger partial charge in [0.05, 0.1) is 23.8 Å². The molecule has 1 amide bonds. The summed E-state index contributed by atoms with van der Waals surface area (Å²) in [6, 6.07) is 6.76. The van der Waals surface area contributed by atoms with E-state index in [1.54, 1.807) is 17.0 Å². The smallest absolute Gasteiger partial charge is 0.371 e. The van der Waals surface area contributed by atoms with E-state index in [1.165, 1.54) is 12.1 Å². The van der Waals surface area contributed by atoms with Crippen LogP contribution in [0.25, 0.3) is 0 Å². The minimum Gasteiger partial charge on any atom is -0.371 e. The van der Waals surface area contributed by atoms with Crippen LogP contribution < -0.4 is 0 Å². The summed E-state index contributed by atoms with van der Waals surface area (Å²) in [7, 11) is 0. The Hall–Kier alpha value is -2.62. The quantitative estimate of drug-likeness (QED) is 0.514. The lowest BCUT2D eigenvalue weighted by molar-refractivity contribution is -0.143. The van der Waals surface area contributed by atoms with Gasteiger partial charge in [-0.3, -0.25) is 4.79 Å². The Morgan fingerprint density at radius 2 is 1.55 bits per heavy atom. The average molecular weight is 475 g/mol. The van der Waals surface area contributed by atoms with Gasteiger partial charge in [0.25, 0.3) is 0 Å². The zero-order valence-electron chi connectivity index (χ0n) is 17.2. The Kier molecular flexibility index (Phi) is 6.15. The molecule has 178 valence electrons. The van der Waals surface area contributed by atoms with Crippen molar-refractivity contribution in [3.05, 3.63) is 70.5 Å². The predicted molar refractivity (Wildman–Crippen MR) is 104 cm³/mol. The van der Waals surface area contributed by atoms with Gasteiger partial charge in [0.2, 0.25) is 5.91 Å². The molecule has 0 aliphatic carbocycles. The predicted octanol–water partition coefficient (Wildman–Crippen LogP) is 5.93. The molecule has 0 spiro atoms. The fraction of sp³-hybridized carbons (Fsp3) is 0.435. The topological polar surface area (TPSA) is 29.5 Å². The number of rotatable bonds is 4. The molecule has 33 heavy (non-hydrogen) atoms. The number of benzene rings is 2. The Morgan fingerprint density at radius 1 is 0.939 bits per heavy atom. The van der Waals surface area contributed by atoms with Crippen molar-refractivity contribution in [3.63, 3.8) is 0 Å². The molecule has 2 heterocycles. The van der Waals surface area contributed by atoms with Crippen molar-refractivity contribution in [2.24, 2.45) is 0 Å². The maximum atomic E-state index is 13.4. The molecular weight excluding hydrogens is 455 g/mol. The van der Waals surface area contributed by atoms with Crippen LogP contribution >= 0.6 is 0 Å². The van der Waals surface area contributed by atoms with Crippen LogP contribution in [0.2, 0.25) is 0 Å². The van der Waals surface area contributed by atoms with Crippen LogP contribution in [-0.2, 0) is 28.5 Å². The second kappa shape index (κ2) is 8.62. The lowest BCUT2D eigenvalue weighted by Gasteiger charge is -2.32. The van der Waals surface area contributed by atoms with Crippen LogP contribution in [0.1, 0.15) is 47.4 Å². The number of nitrogens with zero attached hydrogens (tertiary/aromatic N) is 1. The number of carbonyl (C=O) groups excluding carboxylic acids is 1. The normalized spacial score (nSPS) is 23.7. The van der Waals surface area contributed by atoms with E-state index < -0.39 is 42.0 Å². The highest BCUT2D eigenvalue weighted by atomic mass is 19.4. The molecule has 3 nitrogen and oxygen atoms in total. The standard InChI is InChI=1S/C23H20F7NO2/c24-17-6-4-14(5-7-17)21-18-2-1-3-20(32)31(18)11-19(21)33-12-13-8-15(22(25,26)27)10-16(9-13)23(28,29)30/h4-10,18-19,21H,1-3,11-12H2. The van der Waals surface area contributed by atoms with Gasteiger partial charge < -0.3 is 9.64 Å². The Balaban J connectivity index is 1.62. The second-order valence-electron chi connectivity index (χ2n) is 8.35. The summed E-state index contributed by atoms with van der Waals surface area (Å²) in [6.45, 7) is -0.333. The molecule has 0 N–H and O–H groups in total. The van der Waals surface area contributed by atoms with Crippen LogP contribution in [0.3, 0.4) is 0 Å². The van der Waals surface area contributed by atoms with Gasteiger partial charge >= 0.3 is 12.4 Å². The van der Waals surface area contributed by atoms with Gasteiger partial charge in [-0.1, -0.05) is 12.1 Å². The molecular formula is C23H20F7NO2. The third kappa shape index (κ3) is 5.00. The molecule has 3 unspecified atom stereocenters. The SMILES string of the molecule is O=C1CCCC2C(c3ccc(F)cc3)C(OCc3cc(C(F)(F)F)cc(C(F)(F)F)c3)CN12. The number of fused-ring (bicyclic) bond motifs is 1. The minimum absolute atomic E-state index is 0.0688. The van der Waals surface area contributed by atoms with Gasteiger partial charge in [-0.25, -0.2) is 4.39 Å². The summed E-state index contributed by atoms with van der Waals surface area (Å²) in [6.07, 6.45) is -8.86. The van der Waals surface area contributed by atoms with E-state index in [0.29, 0.717) is 37.0 Å². The van der Waals surface area contributed by atoms with Crippen LogP contribution in [0.4, 0.5) is 30.7 Å². The van der Waals surface area contributed by atoms with Gasteiger partial charge in [-0.05, 0) is 54.3 Å². The zero-order valence-corrected chi connectivity index (χ0v) is 17.2. The number of carbonyl (C=O) groups is 1. The number of piperidine rings is 1. The summed E-state index contributed by atoms with van der Waals surface area (Å²) in [5, 5.41) is 0. The first-order valence-electron chi connectivity index (χ1n) is 10.4. The summed E-state index contributed by atoms with van der Waals surface area (Å²) < 4.78 is 98.2. The summed E-state index contributed by atoms with van der Waals surface area (Å²) >= 11 is 0. The maximum Gasteiger partial charge on any atom is 0.416 e. The van der Waals surface area contributed by atoms with Crippen molar-refractivity contribution in [1.29, 1.82) is 0 Å². The Labute approximate surface area is 185 Å². The summed E-state index contributed by atoms with van der Waals surface area (Å²) in [5.41, 5.74) is -2.40. The number of halogens is 7. The minimum atomic E-state index is -4.95. The summed E-state index contributed by atoms with van der Waals surface area (Å²) in [5.74, 6) is -0.903. The molecule has 2 aromatic rings. The fourth-order valence-corrected chi connectivity index (χ4v) is 4.70. The molecule has 3 atom stereocenters. The highest BCUT2D eigenvalue weighted by Gasteiger charge is 2.46.